The molecule has 0 aromatic heterocycles. The molecule has 3 aliphatic heterocycles. The SMILES string of the molecule is CC(F)(F)CN1CCc2cc(OCc3ccccc3)ccc2C1c1c(F)cc(N2CCC3(CCCNC3)CC2)cc1F. The van der Waals surface area contributed by atoms with Crippen molar-refractivity contribution in [2.75, 3.05) is 44.2 Å². The van der Waals surface area contributed by atoms with Crippen LogP contribution in [0, 0.1) is 17.0 Å². The Morgan fingerprint density at radius 2 is 1.69 bits per heavy atom. The van der Waals surface area contributed by atoms with Crippen molar-refractivity contribution in [2.24, 2.45) is 5.41 Å². The van der Waals surface area contributed by atoms with Crippen LogP contribution in [-0.4, -0.2) is 50.1 Å². The van der Waals surface area contributed by atoms with Crippen LogP contribution in [-0.2, 0) is 13.0 Å². The van der Waals surface area contributed by atoms with E-state index in [-0.39, 0.29) is 17.5 Å². The molecule has 4 nitrogen and oxygen atoms in total. The van der Waals surface area contributed by atoms with Gasteiger partial charge >= 0.3 is 0 Å². The molecule has 1 unspecified atom stereocenters. The van der Waals surface area contributed by atoms with Crippen molar-refractivity contribution < 1.29 is 22.3 Å². The van der Waals surface area contributed by atoms with E-state index < -0.39 is 30.1 Å². The van der Waals surface area contributed by atoms with Gasteiger partial charge < -0.3 is 15.0 Å². The van der Waals surface area contributed by atoms with Gasteiger partial charge in [-0.3, -0.25) is 4.90 Å². The quantitative estimate of drug-likeness (QED) is 0.301. The third-order valence-electron chi connectivity index (χ3n) is 9.26. The Labute approximate surface area is 245 Å². The molecule has 42 heavy (non-hydrogen) atoms. The van der Waals surface area contributed by atoms with Crippen molar-refractivity contribution in [3.8, 4) is 5.75 Å². The first-order valence-corrected chi connectivity index (χ1v) is 15.1. The minimum absolute atomic E-state index is 0.174. The van der Waals surface area contributed by atoms with Crippen LogP contribution in [0.5, 0.6) is 5.75 Å². The Morgan fingerprint density at radius 3 is 2.36 bits per heavy atom. The summed E-state index contributed by atoms with van der Waals surface area (Å²) in [5, 5.41) is 3.50. The maximum Gasteiger partial charge on any atom is 0.257 e. The molecule has 0 bridgehead atoms. The third kappa shape index (κ3) is 6.30. The smallest absolute Gasteiger partial charge is 0.257 e. The average molecular weight is 582 g/mol. The number of fused-ring (bicyclic) bond motifs is 1. The van der Waals surface area contributed by atoms with Gasteiger partial charge in [0.25, 0.3) is 5.92 Å². The second kappa shape index (κ2) is 11.9. The maximum atomic E-state index is 16.0. The number of benzene rings is 3. The number of hydrogen-bond acceptors (Lipinski definition) is 4. The number of nitrogens with zero attached hydrogens (tertiary/aromatic N) is 2. The minimum Gasteiger partial charge on any atom is -0.489 e. The Hall–Kier alpha value is -3.10. The summed E-state index contributed by atoms with van der Waals surface area (Å²) in [4.78, 5) is 3.56. The van der Waals surface area contributed by atoms with E-state index in [1.807, 2.05) is 36.4 Å². The summed E-state index contributed by atoms with van der Waals surface area (Å²) in [7, 11) is 0. The molecule has 8 heteroatoms. The Morgan fingerprint density at radius 1 is 0.952 bits per heavy atom. The molecule has 3 aromatic carbocycles. The van der Waals surface area contributed by atoms with Gasteiger partial charge in [-0.15, -0.1) is 0 Å². The topological polar surface area (TPSA) is 27.7 Å². The van der Waals surface area contributed by atoms with Crippen molar-refractivity contribution in [3.05, 3.63) is 94.6 Å². The van der Waals surface area contributed by atoms with Crippen LogP contribution in [0.1, 0.15) is 60.9 Å². The molecule has 2 fully saturated rings. The van der Waals surface area contributed by atoms with E-state index in [9.17, 15) is 8.78 Å². The molecule has 3 aliphatic rings. The highest BCUT2D eigenvalue weighted by molar-refractivity contribution is 5.52. The normalized spacial score (nSPS) is 20.9. The Bertz CT molecular complexity index is 1350. The number of alkyl halides is 2. The van der Waals surface area contributed by atoms with Gasteiger partial charge in [0.15, 0.2) is 0 Å². The lowest BCUT2D eigenvalue weighted by atomic mass is 9.73. The van der Waals surface area contributed by atoms with Crippen LogP contribution < -0.4 is 15.0 Å². The van der Waals surface area contributed by atoms with Gasteiger partial charge in [-0.1, -0.05) is 36.4 Å². The van der Waals surface area contributed by atoms with Gasteiger partial charge in [-0.25, -0.2) is 17.6 Å². The number of rotatable bonds is 7. The molecule has 0 amide bonds. The molecule has 0 radical (unpaired) electrons. The summed E-state index contributed by atoms with van der Waals surface area (Å²) < 4.78 is 66.5. The van der Waals surface area contributed by atoms with Crippen molar-refractivity contribution in [1.29, 1.82) is 0 Å². The van der Waals surface area contributed by atoms with Crippen molar-refractivity contribution in [1.82, 2.24) is 10.2 Å². The molecule has 0 aliphatic carbocycles. The van der Waals surface area contributed by atoms with Crippen LogP contribution in [0.2, 0.25) is 0 Å². The number of hydrogen-bond donors (Lipinski definition) is 1. The predicted octanol–water partition coefficient (Wildman–Crippen LogP) is 7.12. The largest absolute Gasteiger partial charge is 0.489 e. The summed E-state index contributed by atoms with van der Waals surface area (Å²) >= 11 is 0. The first-order valence-electron chi connectivity index (χ1n) is 15.1. The number of nitrogens with one attached hydrogen (secondary N) is 1. The summed E-state index contributed by atoms with van der Waals surface area (Å²) in [5.41, 5.74) is 3.12. The van der Waals surface area contributed by atoms with E-state index in [1.165, 1.54) is 23.5 Å². The fraction of sp³-hybridized carbons (Fsp3) is 0.471. The summed E-state index contributed by atoms with van der Waals surface area (Å²) in [5.74, 6) is -3.77. The second-order valence-corrected chi connectivity index (χ2v) is 12.4. The van der Waals surface area contributed by atoms with Crippen LogP contribution in [0.15, 0.2) is 60.7 Å². The molecule has 3 heterocycles. The van der Waals surface area contributed by atoms with Crippen LogP contribution in [0.4, 0.5) is 23.2 Å². The Balaban J connectivity index is 1.27. The molecule has 6 rings (SSSR count). The van der Waals surface area contributed by atoms with Crippen molar-refractivity contribution in [3.63, 3.8) is 0 Å². The second-order valence-electron chi connectivity index (χ2n) is 12.4. The summed E-state index contributed by atoms with van der Waals surface area (Å²) in [6.45, 7) is 4.44. The van der Waals surface area contributed by atoms with Crippen molar-refractivity contribution >= 4 is 5.69 Å². The van der Waals surface area contributed by atoms with Crippen molar-refractivity contribution in [2.45, 2.75) is 57.6 Å². The first-order chi connectivity index (χ1) is 20.2. The number of anilines is 1. The van der Waals surface area contributed by atoms with E-state index in [1.54, 1.807) is 12.1 Å². The van der Waals surface area contributed by atoms with E-state index >= 15 is 8.78 Å². The molecule has 3 aromatic rings. The fourth-order valence-corrected chi connectivity index (χ4v) is 7.06. The summed E-state index contributed by atoms with van der Waals surface area (Å²) in [6, 6.07) is 17.0. The zero-order valence-corrected chi connectivity index (χ0v) is 24.2. The summed E-state index contributed by atoms with van der Waals surface area (Å²) in [6.07, 6.45) is 4.79. The van der Waals surface area contributed by atoms with E-state index in [2.05, 4.69) is 10.2 Å². The monoisotopic (exact) mass is 581 g/mol. The molecule has 1 N–H and O–H groups in total. The van der Waals surface area contributed by atoms with E-state index in [4.69, 9.17) is 4.74 Å². The van der Waals surface area contributed by atoms with Gasteiger partial charge in [0.1, 0.15) is 24.0 Å². The lowest BCUT2D eigenvalue weighted by molar-refractivity contribution is -0.0245. The zero-order valence-electron chi connectivity index (χ0n) is 24.2. The lowest BCUT2D eigenvalue weighted by Gasteiger charge is -2.45. The van der Waals surface area contributed by atoms with Crippen LogP contribution >= 0.6 is 0 Å². The molecule has 2 saturated heterocycles. The zero-order chi connectivity index (χ0) is 29.3. The molecule has 1 spiro atoms. The van der Waals surface area contributed by atoms with Gasteiger partial charge in [0.05, 0.1) is 12.6 Å². The number of halogens is 4. The lowest BCUT2D eigenvalue weighted by Crippen LogP contribution is -2.48. The van der Waals surface area contributed by atoms with Crippen LogP contribution in [0.3, 0.4) is 0 Å². The molecule has 1 atom stereocenters. The fourth-order valence-electron chi connectivity index (χ4n) is 7.06. The average Bonchev–Trinajstić information content (AvgIpc) is 2.97. The molecule has 0 saturated carbocycles. The molecular formula is C34H39F4N3O. The minimum atomic E-state index is -3.01. The van der Waals surface area contributed by atoms with Gasteiger partial charge in [-0.05, 0) is 85.0 Å². The number of ether oxygens (including phenoxy) is 1. The predicted molar refractivity (Wildman–Crippen MR) is 157 cm³/mol. The standard InChI is InChI=1S/C34H39F4N3O/c1-33(37,38)23-41-15-10-25-18-27(42-21-24-6-3-2-4-7-24)8-9-28(25)32(41)31-29(35)19-26(20-30(31)36)40-16-12-34(13-17-40)11-5-14-39-22-34/h2-4,6-9,18-20,32,39H,5,10-17,21-23H2,1H3. The van der Waals surface area contributed by atoms with Gasteiger partial charge in [0.2, 0.25) is 0 Å². The highest BCUT2D eigenvalue weighted by Crippen LogP contribution is 2.43. The molecule has 224 valence electrons. The highest BCUT2D eigenvalue weighted by Gasteiger charge is 2.39. The van der Waals surface area contributed by atoms with E-state index in [0.29, 0.717) is 30.0 Å². The maximum absolute atomic E-state index is 16.0. The molecular weight excluding hydrogens is 542 g/mol. The third-order valence-corrected chi connectivity index (χ3v) is 9.26. The van der Waals surface area contributed by atoms with E-state index in [0.717, 1.165) is 63.5 Å². The first kappa shape index (κ1) is 29.0. The van der Waals surface area contributed by atoms with Gasteiger partial charge in [-0.2, -0.15) is 0 Å². The highest BCUT2D eigenvalue weighted by atomic mass is 19.3. The van der Waals surface area contributed by atoms with Gasteiger partial charge in [0, 0.05) is 44.4 Å². The number of piperidine rings is 2. The van der Waals surface area contributed by atoms with Crippen LogP contribution in [0.25, 0.3) is 0 Å². The Kier molecular flexibility index (Phi) is 8.20.